The highest BCUT2D eigenvalue weighted by molar-refractivity contribution is 7.12. The van der Waals surface area contributed by atoms with E-state index in [0.29, 0.717) is 24.1 Å². The Hall–Kier alpha value is -2.67. The van der Waals surface area contributed by atoms with Crippen molar-refractivity contribution in [2.45, 2.75) is 18.8 Å². The van der Waals surface area contributed by atoms with Crippen LogP contribution in [0.1, 0.15) is 34.3 Å². The molecule has 4 rings (SSSR count). The van der Waals surface area contributed by atoms with Crippen LogP contribution in [0.15, 0.2) is 46.2 Å². The van der Waals surface area contributed by atoms with Crippen LogP contribution >= 0.6 is 11.3 Å². The lowest BCUT2D eigenvalue weighted by Crippen LogP contribution is -2.38. The maximum atomic E-state index is 12.6. The molecule has 0 saturated carbocycles. The van der Waals surface area contributed by atoms with Gasteiger partial charge in [-0.15, -0.1) is 21.5 Å². The van der Waals surface area contributed by atoms with Gasteiger partial charge in [-0.3, -0.25) is 4.79 Å². The van der Waals surface area contributed by atoms with Gasteiger partial charge in [-0.1, -0.05) is 18.2 Å². The van der Waals surface area contributed by atoms with Gasteiger partial charge in [0.05, 0.1) is 23.5 Å². The minimum absolute atomic E-state index is 0.0589. The van der Waals surface area contributed by atoms with Gasteiger partial charge in [-0.05, 0) is 36.4 Å². The lowest BCUT2D eigenvalue weighted by atomic mass is 9.98. The van der Waals surface area contributed by atoms with Crippen LogP contribution in [0.2, 0.25) is 0 Å². The summed E-state index contributed by atoms with van der Waals surface area (Å²) < 4.78 is 11.3. The third-order valence-corrected chi connectivity index (χ3v) is 5.43. The van der Waals surface area contributed by atoms with Crippen LogP contribution in [-0.4, -0.2) is 41.2 Å². The van der Waals surface area contributed by atoms with Crippen molar-refractivity contribution in [2.24, 2.45) is 0 Å². The number of ether oxygens (including phenoxy) is 1. The fourth-order valence-corrected chi connectivity index (χ4v) is 3.94. The number of benzene rings is 1. The third-order valence-electron chi connectivity index (χ3n) is 4.57. The molecule has 134 valence electrons. The van der Waals surface area contributed by atoms with E-state index in [4.69, 9.17) is 9.15 Å². The van der Waals surface area contributed by atoms with Gasteiger partial charge in [-0.25, -0.2) is 0 Å². The quantitative estimate of drug-likeness (QED) is 0.699. The predicted molar refractivity (Wildman–Crippen MR) is 98.5 cm³/mol. The Balaban J connectivity index is 1.53. The van der Waals surface area contributed by atoms with E-state index in [-0.39, 0.29) is 11.8 Å². The Morgan fingerprint density at radius 3 is 2.96 bits per heavy atom. The van der Waals surface area contributed by atoms with Crippen molar-refractivity contribution < 1.29 is 13.9 Å². The minimum atomic E-state index is 0.0589. The topological polar surface area (TPSA) is 68.5 Å². The predicted octanol–water partition coefficient (Wildman–Crippen LogP) is 3.83. The van der Waals surface area contributed by atoms with Gasteiger partial charge in [0.1, 0.15) is 5.75 Å². The van der Waals surface area contributed by atoms with Crippen LogP contribution < -0.4 is 4.74 Å². The molecule has 1 unspecified atom stereocenters. The Bertz CT molecular complexity index is 891. The standard InChI is InChI=1S/C19H19N3O3S/c1-24-15-8-3-2-7-14(15)18-21-20-17(25-18)13-6-4-10-22(12-13)19(23)16-9-5-11-26-16/h2-3,5,7-9,11,13H,4,6,10,12H2,1H3. The fourth-order valence-electron chi connectivity index (χ4n) is 3.25. The Morgan fingerprint density at radius 2 is 2.15 bits per heavy atom. The smallest absolute Gasteiger partial charge is 0.263 e. The van der Waals surface area contributed by atoms with E-state index in [2.05, 4.69) is 10.2 Å². The zero-order valence-corrected chi connectivity index (χ0v) is 15.2. The number of nitrogens with zero attached hydrogens (tertiary/aromatic N) is 3. The number of carbonyl (C=O) groups excluding carboxylic acids is 1. The summed E-state index contributed by atoms with van der Waals surface area (Å²) in [4.78, 5) is 15.3. The second-order valence-corrected chi connectivity index (χ2v) is 7.16. The van der Waals surface area contributed by atoms with Gasteiger partial charge < -0.3 is 14.1 Å². The van der Waals surface area contributed by atoms with Gasteiger partial charge in [0.2, 0.25) is 5.89 Å². The molecular weight excluding hydrogens is 350 g/mol. The lowest BCUT2D eigenvalue weighted by molar-refractivity contribution is 0.0703. The summed E-state index contributed by atoms with van der Waals surface area (Å²) in [6, 6.07) is 11.3. The summed E-state index contributed by atoms with van der Waals surface area (Å²) in [6.45, 7) is 1.37. The zero-order chi connectivity index (χ0) is 17.9. The van der Waals surface area contributed by atoms with Crippen LogP contribution in [0, 0.1) is 0 Å². The monoisotopic (exact) mass is 369 g/mol. The molecule has 26 heavy (non-hydrogen) atoms. The molecule has 1 aromatic carbocycles. The minimum Gasteiger partial charge on any atom is -0.496 e. The van der Waals surface area contributed by atoms with Crippen molar-refractivity contribution in [2.75, 3.05) is 20.2 Å². The number of amides is 1. The van der Waals surface area contributed by atoms with Gasteiger partial charge in [0, 0.05) is 13.1 Å². The number of hydrogen-bond donors (Lipinski definition) is 0. The molecular formula is C19H19N3O3S. The van der Waals surface area contributed by atoms with Gasteiger partial charge in [0.25, 0.3) is 11.8 Å². The lowest BCUT2D eigenvalue weighted by Gasteiger charge is -2.30. The number of aromatic nitrogens is 2. The first-order valence-electron chi connectivity index (χ1n) is 8.56. The van der Waals surface area contributed by atoms with Gasteiger partial charge in [0.15, 0.2) is 0 Å². The number of carbonyl (C=O) groups is 1. The van der Waals surface area contributed by atoms with Crippen molar-refractivity contribution in [3.8, 4) is 17.2 Å². The normalized spacial score (nSPS) is 17.3. The van der Waals surface area contributed by atoms with Crippen molar-refractivity contribution in [1.29, 1.82) is 0 Å². The van der Waals surface area contributed by atoms with E-state index in [1.807, 2.05) is 46.7 Å². The number of hydrogen-bond acceptors (Lipinski definition) is 6. The largest absolute Gasteiger partial charge is 0.496 e. The molecule has 3 aromatic rings. The van der Waals surface area contributed by atoms with Crippen LogP contribution in [0.4, 0.5) is 0 Å². The molecule has 3 heterocycles. The number of rotatable bonds is 4. The van der Waals surface area contributed by atoms with Crippen LogP contribution in [0.3, 0.4) is 0 Å². The Kier molecular flexibility index (Phi) is 4.71. The summed E-state index contributed by atoms with van der Waals surface area (Å²) in [5, 5.41) is 10.4. The first-order valence-corrected chi connectivity index (χ1v) is 9.44. The molecule has 0 aliphatic carbocycles. The van der Waals surface area contributed by atoms with Crippen molar-refractivity contribution >= 4 is 17.2 Å². The highest BCUT2D eigenvalue weighted by Crippen LogP contribution is 2.32. The number of para-hydroxylation sites is 1. The summed E-state index contributed by atoms with van der Waals surface area (Å²) in [5.74, 6) is 1.85. The van der Waals surface area contributed by atoms with Crippen LogP contribution in [0.5, 0.6) is 5.75 Å². The number of methoxy groups -OCH3 is 1. The summed E-state index contributed by atoms with van der Waals surface area (Å²) in [5.41, 5.74) is 0.774. The molecule has 1 aliphatic rings. The molecule has 0 N–H and O–H groups in total. The highest BCUT2D eigenvalue weighted by atomic mass is 32.1. The molecule has 1 atom stereocenters. The average molecular weight is 369 g/mol. The Morgan fingerprint density at radius 1 is 1.27 bits per heavy atom. The maximum Gasteiger partial charge on any atom is 0.263 e. The van der Waals surface area contributed by atoms with Crippen molar-refractivity contribution in [3.63, 3.8) is 0 Å². The Labute approximate surface area is 155 Å². The molecule has 6 nitrogen and oxygen atoms in total. The van der Waals surface area contributed by atoms with Crippen LogP contribution in [-0.2, 0) is 0 Å². The SMILES string of the molecule is COc1ccccc1-c1nnc(C2CCCN(C(=O)c3cccs3)C2)o1. The molecule has 0 bridgehead atoms. The second kappa shape index (κ2) is 7.29. The van der Waals surface area contributed by atoms with E-state index < -0.39 is 0 Å². The molecule has 1 amide bonds. The second-order valence-electron chi connectivity index (χ2n) is 6.21. The van der Waals surface area contributed by atoms with Crippen molar-refractivity contribution in [1.82, 2.24) is 15.1 Å². The summed E-state index contributed by atoms with van der Waals surface area (Å²) in [7, 11) is 1.62. The highest BCUT2D eigenvalue weighted by Gasteiger charge is 2.29. The maximum absolute atomic E-state index is 12.6. The van der Waals surface area contributed by atoms with E-state index in [1.165, 1.54) is 11.3 Å². The molecule has 0 spiro atoms. The number of likely N-dealkylation sites (tertiary alicyclic amines) is 1. The number of piperidine rings is 1. The number of thiophene rings is 1. The molecule has 2 aromatic heterocycles. The zero-order valence-electron chi connectivity index (χ0n) is 14.4. The molecule has 0 radical (unpaired) electrons. The first-order chi connectivity index (χ1) is 12.8. The average Bonchev–Trinajstić information content (AvgIpc) is 3.39. The van der Waals surface area contributed by atoms with Gasteiger partial charge in [-0.2, -0.15) is 0 Å². The van der Waals surface area contributed by atoms with E-state index in [1.54, 1.807) is 7.11 Å². The molecule has 7 heteroatoms. The van der Waals surface area contributed by atoms with Gasteiger partial charge >= 0.3 is 0 Å². The third kappa shape index (κ3) is 3.22. The van der Waals surface area contributed by atoms with Crippen molar-refractivity contribution in [3.05, 3.63) is 52.5 Å². The molecule has 1 aliphatic heterocycles. The van der Waals surface area contributed by atoms with Crippen LogP contribution in [0.25, 0.3) is 11.5 Å². The van der Waals surface area contributed by atoms with E-state index in [0.717, 1.165) is 29.8 Å². The fraction of sp³-hybridized carbons (Fsp3) is 0.316. The summed E-state index contributed by atoms with van der Waals surface area (Å²) >= 11 is 1.47. The first kappa shape index (κ1) is 16.8. The molecule has 1 saturated heterocycles. The van der Waals surface area contributed by atoms with E-state index in [9.17, 15) is 4.79 Å². The molecule has 1 fully saturated rings. The summed E-state index contributed by atoms with van der Waals surface area (Å²) in [6.07, 6.45) is 1.86. The van der Waals surface area contributed by atoms with E-state index >= 15 is 0 Å².